The van der Waals surface area contributed by atoms with Gasteiger partial charge in [0.25, 0.3) is 0 Å². The van der Waals surface area contributed by atoms with Crippen LogP contribution in [0.4, 0.5) is 10.5 Å². The minimum absolute atomic E-state index is 0.0295. The van der Waals surface area contributed by atoms with Crippen molar-refractivity contribution in [2.24, 2.45) is 0 Å². The Morgan fingerprint density at radius 3 is 3.04 bits per heavy atom. The van der Waals surface area contributed by atoms with Crippen molar-refractivity contribution in [1.82, 2.24) is 9.88 Å². The van der Waals surface area contributed by atoms with Crippen LogP contribution in [0.25, 0.3) is 0 Å². The molecule has 2 aliphatic heterocycles. The molecule has 6 heteroatoms. The van der Waals surface area contributed by atoms with Crippen LogP contribution in [0.2, 0.25) is 0 Å². The van der Waals surface area contributed by atoms with Gasteiger partial charge in [0.2, 0.25) is 0 Å². The Hall–Kier alpha value is -2.89. The lowest BCUT2D eigenvalue weighted by Gasteiger charge is -2.35. The molecule has 2 aliphatic rings. The Balaban J connectivity index is 1.53. The number of hydrogen-bond acceptors (Lipinski definition) is 4. The fourth-order valence-corrected chi connectivity index (χ4v) is 3.48. The molecular weight excluding hydrogens is 318 g/mol. The second-order valence-corrected chi connectivity index (χ2v) is 6.37. The Kier molecular flexibility index (Phi) is 4.09. The molecule has 2 aromatic rings. The molecular formula is C19H19N3O3. The minimum Gasteiger partial charge on any atom is -0.457 e. The number of likely N-dealkylation sites (tertiary alicyclic amines) is 1. The molecule has 0 spiro atoms. The topological polar surface area (TPSA) is 71.5 Å². The lowest BCUT2D eigenvalue weighted by molar-refractivity contribution is 0.0535. The maximum atomic E-state index is 12.8. The van der Waals surface area contributed by atoms with Crippen LogP contribution in [0, 0.1) is 0 Å². The molecule has 25 heavy (non-hydrogen) atoms. The molecule has 0 bridgehead atoms. The molecule has 0 unspecified atom stereocenters. The van der Waals surface area contributed by atoms with Crippen LogP contribution >= 0.6 is 0 Å². The Morgan fingerprint density at radius 1 is 1.28 bits per heavy atom. The largest absolute Gasteiger partial charge is 0.457 e. The summed E-state index contributed by atoms with van der Waals surface area (Å²) in [7, 11) is 0. The summed E-state index contributed by atoms with van der Waals surface area (Å²) in [6.07, 6.45) is 6.56. The number of benzene rings is 1. The van der Waals surface area contributed by atoms with E-state index in [0.717, 1.165) is 30.4 Å². The van der Waals surface area contributed by atoms with Gasteiger partial charge in [0.05, 0.1) is 11.6 Å². The predicted octanol–water partition coefficient (Wildman–Crippen LogP) is 3.51. The van der Waals surface area contributed by atoms with Crippen LogP contribution in [-0.2, 0) is 11.3 Å². The number of nitrogens with one attached hydrogen (secondary N) is 1. The molecule has 128 valence electrons. The monoisotopic (exact) mass is 337 g/mol. The van der Waals surface area contributed by atoms with Crippen molar-refractivity contribution in [1.29, 1.82) is 0 Å². The van der Waals surface area contributed by atoms with E-state index in [9.17, 15) is 9.59 Å². The number of hydrogen-bond donors (Lipinski definition) is 1. The number of pyridine rings is 1. The molecule has 0 radical (unpaired) electrons. The number of amides is 2. The van der Waals surface area contributed by atoms with Crippen LogP contribution < -0.4 is 5.32 Å². The number of anilines is 1. The molecule has 6 nitrogen and oxygen atoms in total. The van der Waals surface area contributed by atoms with E-state index in [2.05, 4.69) is 10.3 Å². The number of nitrogens with zero attached hydrogens (tertiary/aromatic N) is 2. The summed E-state index contributed by atoms with van der Waals surface area (Å²) >= 11 is 0. The van der Waals surface area contributed by atoms with Crippen molar-refractivity contribution in [3.63, 3.8) is 0 Å². The van der Waals surface area contributed by atoms with Crippen LogP contribution in [0.1, 0.15) is 46.8 Å². The Bertz CT molecular complexity index is 807. The fourth-order valence-electron chi connectivity index (χ4n) is 3.48. The molecule has 1 aromatic heterocycles. The highest BCUT2D eigenvalue weighted by molar-refractivity contribution is 5.96. The third-order valence-corrected chi connectivity index (χ3v) is 4.77. The second-order valence-electron chi connectivity index (χ2n) is 6.37. The van der Waals surface area contributed by atoms with E-state index in [1.54, 1.807) is 12.3 Å². The maximum absolute atomic E-state index is 12.8. The van der Waals surface area contributed by atoms with Gasteiger partial charge in [0.1, 0.15) is 6.61 Å². The maximum Gasteiger partial charge on any atom is 0.338 e. The Labute approximate surface area is 145 Å². The summed E-state index contributed by atoms with van der Waals surface area (Å²) < 4.78 is 5.01. The first kappa shape index (κ1) is 15.6. The Morgan fingerprint density at radius 2 is 2.20 bits per heavy atom. The summed E-state index contributed by atoms with van der Waals surface area (Å²) in [4.78, 5) is 30.5. The lowest BCUT2D eigenvalue weighted by atomic mass is 9.97. The molecule has 1 fully saturated rings. The normalized spacial score (nSPS) is 19.3. The van der Waals surface area contributed by atoms with Crippen molar-refractivity contribution >= 4 is 17.7 Å². The molecule has 1 saturated heterocycles. The smallest absolute Gasteiger partial charge is 0.338 e. The molecule has 2 amide bonds. The number of fused-ring (bicyclic) bond motifs is 1. The lowest BCUT2D eigenvalue weighted by Crippen LogP contribution is -2.41. The van der Waals surface area contributed by atoms with Crippen LogP contribution in [0.5, 0.6) is 0 Å². The van der Waals surface area contributed by atoms with Gasteiger partial charge in [-0.2, -0.15) is 0 Å². The SMILES string of the molecule is O=C1OCc2ccc(NC(=O)N3CCCC[C@H]3c3cccnc3)cc21. The number of carbonyl (C=O) groups is 2. The van der Waals surface area contributed by atoms with E-state index in [0.29, 0.717) is 24.4 Å². The summed E-state index contributed by atoms with van der Waals surface area (Å²) in [6, 6.07) is 9.10. The van der Waals surface area contributed by atoms with Crippen LogP contribution in [0.15, 0.2) is 42.7 Å². The molecule has 3 heterocycles. The molecule has 4 rings (SSSR count). The van der Waals surface area contributed by atoms with Crippen LogP contribution in [0.3, 0.4) is 0 Å². The van der Waals surface area contributed by atoms with Gasteiger partial charge in [-0.1, -0.05) is 12.1 Å². The number of piperidine rings is 1. The molecule has 0 saturated carbocycles. The van der Waals surface area contributed by atoms with E-state index in [1.165, 1.54) is 0 Å². The van der Waals surface area contributed by atoms with E-state index in [1.807, 2.05) is 35.4 Å². The van der Waals surface area contributed by atoms with Crippen molar-refractivity contribution in [2.75, 3.05) is 11.9 Å². The predicted molar refractivity (Wildman–Crippen MR) is 92.1 cm³/mol. The summed E-state index contributed by atoms with van der Waals surface area (Å²) in [6.45, 7) is 1.01. The van der Waals surface area contributed by atoms with E-state index in [-0.39, 0.29) is 18.0 Å². The van der Waals surface area contributed by atoms with Gasteiger partial charge in [-0.15, -0.1) is 0 Å². The van der Waals surface area contributed by atoms with Crippen molar-refractivity contribution in [2.45, 2.75) is 31.9 Å². The number of carbonyl (C=O) groups excluding carboxylic acids is 2. The highest BCUT2D eigenvalue weighted by Gasteiger charge is 2.28. The highest BCUT2D eigenvalue weighted by atomic mass is 16.5. The fraction of sp³-hybridized carbons (Fsp3) is 0.316. The third kappa shape index (κ3) is 3.07. The van der Waals surface area contributed by atoms with Gasteiger partial charge < -0.3 is 15.0 Å². The van der Waals surface area contributed by atoms with Gasteiger partial charge in [-0.25, -0.2) is 9.59 Å². The third-order valence-electron chi connectivity index (χ3n) is 4.77. The highest BCUT2D eigenvalue weighted by Crippen LogP contribution is 2.31. The second kappa shape index (κ2) is 6.55. The van der Waals surface area contributed by atoms with Gasteiger partial charge in [-0.05, 0) is 43.0 Å². The van der Waals surface area contributed by atoms with Crippen molar-refractivity contribution in [3.8, 4) is 0 Å². The number of rotatable bonds is 2. The summed E-state index contributed by atoms with van der Waals surface area (Å²) in [5, 5.41) is 2.92. The number of aromatic nitrogens is 1. The van der Waals surface area contributed by atoms with Crippen molar-refractivity contribution < 1.29 is 14.3 Å². The standard InChI is InChI=1S/C19H19N3O3/c23-18-16-10-15(7-6-14(16)12-25-18)21-19(24)22-9-2-1-5-17(22)13-4-3-8-20-11-13/h3-4,6-8,10-11,17H,1-2,5,9,12H2,(H,21,24)/t17-/m0/s1. The average molecular weight is 337 g/mol. The average Bonchev–Trinajstić information content (AvgIpc) is 3.03. The molecule has 0 aliphatic carbocycles. The quantitative estimate of drug-likeness (QED) is 0.851. The summed E-state index contributed by atoms with van der Waals surface area (Å²) in [5.41, 5.74) is 3.04. The zero-order valence-electron chi connectivity index (χ0n) is 13.8. The number of ether oxygens (including phenoxy) is 1. The molecule has 1 atom stereocenters. The zero-order chi connectivity index (χ0) is 17.2. The molecule has 1 N–H and O–H groups in total. The zero-order valence-corrected chi connectivity index (χ0v) is 13.8. The van der Waals surface area contributed by atoms with Gasteiger partial charge in [-0.3, -0.25) is 4.98 Å². The van der Waals surface area contributed by atoms with Crippen LogP contribution in [-0.4, -0.2) is 28.4 Å². The first-order valence-electron chi connectivity index (χ1n) is 8.50. The van der Waals surface area contributed by atoms with E-state index >= 15 is 0 Å². The first-order valence-corrected chi connectivity index (χ1v) is 8.50. The molecule has 1 aromatic carbocycles. The van der Waals surface area contributed by atoms with Gasteiger partial charge in [0, 0.05) is 30.2 Å². The van der Waals surface area contributed by atoms with E-state index < -0.39 is 0 Å². The number of esters is 1. The summed E-state index contributed by atoms with van der Waals surface area (Å²) in [5.74, 6) is -0.336. The van der Waals surface area contributed by atoms with Gasteiger partial charge >= 0.3 is 12.0 Å². The van der Waals surface area contributed by atoms with Crippen molar-refractivity contribution in [3.05, 3.63) is 59.4 Å². The number of urea groups is 1. The first-order chi connectivity index (χ1) is 12.2. The van der Waals surface area contributed by atoms with Gasteiger partial charge in [0.15, 0.2) is 0 Å². The number of cyclic esters (lactones) is 1. The van der Waals surface area contributed by atoms with E-state index in [4.69, 9.17) is 4.74 Å². The minimum atomic E-state index is -0.336.